The minimum absolute atomic E-state index is 0.202. The van der Waals surface area contributed by atoms with Crippen LogP contribution in [0.2, 0.25) is 0 Å². The zero-order valence-electron chi connectivity index (χ0n) is 16.2. The second-order valence-corrected chi connectivity index (χ2v) is 7.70. The largest absolute Gasteiger partial charge is 0.454 e. The molecule has 0 saturated heterocycles. The molecule has 1 amide bonds. The summed E-state index contributed by atoms with van der Waals surface area (Å²) in [5, 5.41) is 0. The predicted molar refractivity (Wildman–Crippen MR) is 109 cm³/mol. The van der Waals surface area contributed by atoms with Crippen LogP contribution in [0.4, 0.5) is 5.69 Å². The van der Waals surface area contributed by atoms with Crippen molar-refractivity contribution < 1.29 is 14.3 Å². The molecule has 1 fully saturated rings. The summed E-state index contributed by atoms with van der Waals surface area (Å²) in [6.45, 7) is 0.882. The fourth-order valence-corrected chi connectivity index (χ4v) is 4.20. The number of nitrogens with two attached hydrogens (primary N) is 1. The van der Waals surface area contributed by atoms with E-state index in [-0.39, 0.29) is 12.7 Å². The SMILES string of the molecule is Nc1ccccc1CCC(=O)N(Cc1ccc2c(c1)OCO2)C1CCCCC1. The van der Waals surface area contributed by atoms with Crippen molar-refractivity contribution in [2.75, 3.05) is 12.5 Å². The number of nitrogen functional groups attached to an aromatic ring is 1. The molecule has 28 heavy (non-hydrogen) atoms. The topological polar surface area (TPSA) is 64.8 Å². The van der Waals surface area contributed by atoms with Crippen molar-refractivity contribution in [3.63, 3.8) is 0 Å². The van der Waals surface area contributed by atoms with Gasteiger partial charge in [0.15, 0.2) is 11.5 Å². The lowest BCUT2D eigenvalue weighted by atomic mass is 9.93. The molecule has 0 atom stereocenters. The van der Waals surface area contributed by atoms with Crippen molar-refractivity contribution in [2.24, 2.45) is 0 Å². The van der Waals surface area contributed by atoms with Crippen molar-refractivity contribution in [1.29, 1.82) is 0 Å². The Bertz CT molecular complexity index is 830. The second-order valence-electron chi connectivity index (χ2n) is 7.70. The van der Waals surface area contributed by atoms with Gasteiger partial charge in [0.1, 0.15) is 0 Å². The van der Waals surface area contributed by atoms with E-state index in [1.165, 1.54) is 19.3 Å². The average molecular weight is 380 g/mol. The van der Waals surface area contributed by atoms with Gasteiger partial charge in [-0.1, -0.05) is 43.5 Å². The molecule has 0 radical (unpaired) electrons. The van der Waals surface area contributed by atoms with Crippen molar-refractivity contribution >= 4 is 11.6 Å². The van der Waals surface area contributed by atoms with E-state index in [0.717, 1.165) is 41.2 Å². The first-order valence-corrected chi connectivity index (χ1v) is 10.2. The van der Waals surface area contributed by atoms with Crippen LogP contribution >= 0.6 is 0 Å². The van der Waals surface area contributed by atoms with E-state index in [1.807, 2.05) is 42.5 Å². The Morgan fingerprint density at radius 3 is 2.64 bits per heavy atom. The van der Waals surface area contributed by atoms with Gasteiger partial charge in [0, 0.05) is 24.7 Å². The minimum Gasteiger partial charge on any atom is -0.454 e. The molecular formula is C23H28N2O3. The molecule has 0 spiro atoms. The molecule has 1 heterocycles. The highest BCUT2D eigenvalue weighted by molar-refractivity contribution is 5.77. The van der Waals surface area contributed by atoms with E-state index < -0.39 is 0 Å². The van der Waals surface area contributed by atoms with Gasteiger partial charge in [-0.2, -0.15) is 0 Å². The number of amides is 1. The number of carbonyl (C=O) groups is 1. The average Bonchev–Trinajstić information content (AvgIpc) is 3.20. The molecule has 148 valence electrons. The summed E-state index contributed by atoms with van der Waals surface area (Å²) in [7, 11) is 0. The fourth-order valence-electron chi connectivity index (χ4n) is 4.20. The van der Waals surface area contributed by atoms with Gasteiger partial charge in [0.05, 0.1) is 0 Å². The number of carbonyl (C=O) groups excluding carboxylic acids is 1. The molecular weight excluding hydrogens is 352 g/mol. The van der Waals surface area contributed by atoms with Crippen LogP contribution in [0, 0.1) is 0 Å². The van der Waals surface area contributed by atoms with Gasteiger partial charge in [-0.3, -0.25) is 4.79 Å². The Morgan fingerprint density at radius 2 is 1.82 bits per heavy atom. The van der Waals surface area contributed by atoms with Gasteiger partial charge in [0.2, 0.25) is 12.7 Å². The number of nitrogens with zero attached hydrogens (tertiary/aromatic N) is 1. The van der Waals surface area contributed by atoms with E-state index in [0.29, 0.717) is 25.4 Å². The predicted octanol–water partition coefficient (Wildman–Crippen LogP) is 4.29. The van der Waals surface area contributed by atoms with Crippen LogP contribution in [0.15, 0.2) is 42.5 Å². The first kappa shape index (κ1) is 18.7. The van der Waals surface area contributed by atoms with Gasteiger partial charge in [-0.25, -0.2) is 0 Å². The van der Waals surface area contributed by atoms with Crippen molar-refractivity contribution in [1.82, 2.24) is 4.90 Å². The summed E-state index contributed by atoms with van der Waals surface area (Å²) in [6, 6.07) is 14.1. The summed E-state index contributed by atoms with van der Waals surface area (Å²) >= 11 is 0. The number of anilines is 1. The first-order valence-electron chi connectivity index (χ1n) is 10.2. The molecule has 1 aliphatic heterocycles. The molecule has 2 aromatic carbocycles. The summed E-state index contributed by atoms with van der Waals surface area (Å²) in [6.07, 6.45) is 6.99. The molecule has 5 heteroatoms. The van der Waals surface area contributed by atoms with Crippen molar-refractivity contribution in [3.05, 3.63) is 53.6 Å². The third-order valence-corrected chi connectivity index (χ3v) is 5.79. The molecule has 4 rings (SSSR count). The Kier molecular flexibility index (Phi) is 5.70. The zero-order chi connectivity index (χ0) is 19.3. The molecule has 0 bridgehead atoms. The highest BCUT2D eigenvalue weighted by Crippen LogP contribution is 2.33. The number of ether oxygens (including phenoxy) is 2. The maximum absolute atomic E-state index is 13.2. The number of aryl methyl sites for hydroxylation is 1. The quantitative estimate of drug-likeness (QED) is 0.759. The van der Waals surface area contributed by atoms with Gasteiger partial charge in [-0.15, -0.1) is 0 Å². The highest BCUT2D eigenvalue weighted by atomic mass is 16.7. The second kappa shape index (κ2) is 8.55. The molecule has 1 saturated carbocycles. The van der Waals surface area contributed by atoms with Crippen LogP contribution in [0.3, 0.4) is 0 Å². The zero-order valence-corrected chi connectivity index (χ0v) is 16.2. The molecule has 2 aliphatic rings. The number of para-hydroxylation sites is 1. The maximum atomic E-state index is 13.2. The standard InChI is InChI=1S/C23H28N2O3/c24-20-9-5-4-6-18(20)11-13-23(26)25(19-7-2-1-3-8-19)15-17-10-12-21-22(14-17)28-16-27-21/h4-6,9-10,12,14,19H,1-3,7-8,11,13,15-16,24H2. The van der Waals surface area contributed by atoms with Gasteiger partial charge < -0.3 is 20.1 Å². The number of rotatable bonds is 6. The lowest BCUT2D eigenvalue weighted by molar-refractivity contribution is -0.134. The normalized spacial score (nSPS) is 16.1. The molecule has 0 aromatic heterocycles. The van der Waals surface area contributed by atoms with Crippen molar-refractivity contribution in [2.45, 2.75) is 57.5 Å². The van der Waals surface area contributed by atoms with Crippen LogP contribution < -0.4 is 15.2 Å². The third kappa shape index (κ3) is 4.24. The summed E-state index contributed by atoms with van der Waals surface area (Å²) in [5.41, 5.74) is 8.94. The summed E-state index contributed by atoms with van der Waals surface area (Å²) in [5.74, 6) is 1.75. The number of benzene rings is 2. The van der Waals surface area contributed by atoms with Crippen LogP contribution in [-0.2, 0) is 17.8 Å². The third-order valence-electron chi connectivity index (χ3n) is 5.79. The van der Waals surface area contributed by atoms with Crippen molar-refractivity contribution in [3.8, 4) is 11.5 Å². The van der Waals surface area contributed by atoms with Gasteiger partial charge >= 0.3 is 0 Å². The molecule has 5 nitrogen and oxygen atoms in total. The molecule has 2 aromatic rings. The van der Waals surface area contributed by atoms with E-state index in [2.05, 4.69) is 4.90 Å². The lowest BCUT2D eigenvalue weighted by Gasteiger charge is -2.35. The smallest absolute Gasteiger partial charge is 0.231 e. The van der Waals surface area contributed by atoms with E-state index >= 15 is 0 Å². The minimum atomic E-state index is 0.202. The fraction of sp³-hybridized carbons (Fsp3) is 0.435. The molecule has 0 unspecified atom stereocenters. The van der Waals surface area contributed by atoms with E-state index in [1.54, 1.807) is 0 Å². The highest BCUT2D eigenvalue weighted by Gasteiger charge is 2.26. The Balaban J connectivity index is 1.48. The number of hydrogen-bond acceptors (Lipinski definition) is 4. The van der Waals surface area contributed by atoms with Crippen LogP contribution in [0.1, 0.15) is 49.7 Å². The van der Waals surface area contributed by atoms with E-state index in [4.69, 9.17) is 15.2 Å². The van der Waals surface area contributed by atoms with Crippen LogP contribution in [0.25, 0.3) is 0 Å². The Hall–Kier alpha value is -2.69. The lowest BCUT2D eigenvalue weighted by Crippen LogP contribution is -2.41. The number of hydrogen-bond donors (Lipinski definition) is 1. The molecule has 2 N–H and O–H groups in total. The maximum Gasteiger partial charge on any atom is 0.231 e. The summed E-state index contributed by atoms with van der Waals surface area (Å²) < 4.78 is 10.9. The first-order chi connectivity index (χ1) is 13.7. The van der Waals surface area contributed by atoms with Gasteiger partial charge in [0.25, 0.3) is 0 Å². The molecule has 1 aliphatic carbocycles. The Morgan fingerprint density at radius 1 is 1.04 bits per heavy atom. The van der Waals surface area contributed by atoms with Crippen LogP contribution in [-0.4, -0.2) is 23.6 Å². The van der Waals surface area contributed by atoms with E-state index in [9.17, 15) is 4.79 Å². The number of fused-ring (bicyclic) bond motifs is 1. The van der Waals surface area contributed by atoms with Crippen LogP contribution in [0.5, 0.6) is 11.5 Å². The Labute approximate surface area is 166 Å². The van der Waals surface area contributed by atoms with Gasteiger partial charge in [-0.05, 0) is 48.6 Å². The monoisotopic (exact) mass is 380 g/mol. The summed E-state index contributed by atoms with van der Waals surface area (Å²) in [4.78, 5) is 15.3.